The summed E-state index contributed by atoms with van der Waals surface area (Å²) in [5.74, 6) is -1.60. The molecule has 0 spiro atoms. The molecule has 0 aliphatic carbocycles. The number of aliphatic hydroxyl groups is 1. The van der Waals surface area contributed by atoms with E-state index in [4.69, 9.17) is 10.2 Å². The maximum atomic E-state index is 12.1. The third-order valence-corrected chi connectivity index (χ3v) is 4.49. The van der Waals surface area contributed by atoms with E-state index in [1.165, 1.54) is 18.2 Å². The van der Waals surface area contributed by atoms with Crippen molar-refractivity contribution in [2.75, 3.05) is 11.9 Å². The lowest BCUT2D eigenvalue weighted by Gasteiger charge is -2.14. The van der Waals surface area contributed by atoms with E-state index in [0.29, 0.717) is 11.3 Å². The van der Waals surface area contributed by atoms with Crippen LogP contribution in [-0.4, -0.2) is 43.2 Å². The molecule has 1 aliphatic heterocycles. The highest BCUT2D eigenvalue weighted by Crippen LogP contribution is 2.25. The van der Waals surface area contributed by atoms with Crippen molar-refractivity contribution in [3.63, 3.8) is 0 Å². The van der Waals surface area contributed by atoms with Crippen LogP contribution in [0, 0.1) is 0 Å². The SMILES string of the molecule is O=C1Cc2cc(S(=O)(=O)N[C@@H](CCO)C(=O)O)ccc2N1. The van der Waals surface area contributed by atoms with Gasteiger partial charge in [0.2, 0.25) is 15.9 Å². The average molecular weight is 314 g/mol. The van der Waals surface area contributed by atoms with Crippen molar-refractivity contribution >= 4 is 27.6 Å². The predicted molar refractivity (Wildman–Crippen MR) is 72.2 cm³/mol. The summed E-state index contributed by atoms with van der Waals surface area (Å²) in [5, 5.41) is 20.3. The first kappa shape index (κ1) is 15.4. The van der Waals surface area contributed by atoms with E-state index >= 15 is 0 Å². The molecule has 9 heteroatoms. The van der Waals surface area contributed by atoms with E-state index in [-0.39, 0.29) is 23.6 Å². The Bertz CT molecular complexity index is 685. The fourth-order valence-electron chi connectivity index (χ4n) is 1.99. The number of sulfonamides is 1. The highest BCUT2D eigenvalue weighted by Gasteiger charge is 2.26. The maximum absolute atomic E-state index is 12.1. The highest BCUT2D eigenvalue weighted by atomic mass is 32.2. The Kier molecular flexibility index (Phi) is 4.26. The molecule has 1 amide bonds. The standard InChI is InChI=1S/C12H14N2O6S/c15-4-3-10(12(17)18)14-21(19,20)8-1-2-9-7(5-8)6-11(16)13-9/h1-2,5,10,14-15H,3-4,6H2,(H,13,16)(H,17,18)/t10-/m0/s1. The molecule has 8 nitrogen and oxygen atoms in total. The normalized spacial score (nSPS) is 15.4. The lowest BCUT2D eigenvalue weighted by Crippen LogP contribution is -2.41. The number of carbonyl (C=O) groups is 2. The van der Waals surface area contributed by atoms with Gasteiger partial charge in [0.05, 0.1) is 11.3 Å². The zero-order chi connectivity index (χ0) is 15.6. The summed E-state index contributed by atoms with van der Waals surface area (Å²) in [6.07, 6.45) is -0.156. The molecular weight excluding hydrogens is 300 g/mol. The summed E-state index contributed by atoms with van der Waals surface area (Å²) < 4.78 is 26.3. The molecule has 21 heavy (non-hydrogen) atoms. The van der Waals surface area contributed by atoms with Crippen LogP contribution in [0.25, 0.3) is 0 Å². The van der Waals surface area contributed by atoms with E-state index in [2.05, 4.69) is 5.32 Å². The van der Waals surface area contributed by atoms with Gasteiger partial charge in [-0.1, -0.05) is 0 Å². The third-order valence-electron chi connectivity index (χ3n) is 3.03. The fourth-order valence-corrected chi connectivity index (χ4v) is 3.26. The van der Waals surface area contributed by atoms with Crippen molar-refractivity contribution in [3.8, 4) is 0 Å². The van der Waals surface area contributed by atoms with Crippen LogP contribution in [-0.2, 0) is 26.0 Å². The topological polar surface area (TPSA) is 133 Å². The quantitative estimate of drug-likeness (QED) is 0.548. The molecule has 1 aliphatic rings. The van der Waals surface area contributed by atoms with Gasteiger partial charge in [0.1, 0.15) is 6.04 Å². The number of anilines is 1. The molecule has 2 rings (SSSR count). The van der Waals surface area contributed by atoms with Gasteiger partial charge >= 0.3 is 5.97 Å². The zero-order valence-electron chi connectivity index (χ0n) is 10.9. The minimum atomic E-state index is -4.05. The number of carboxylic acid groups (broad SMARTS) is 1. The number of fused-ring (bicyclic) bond motifs is 1. The first-order valence-corrected chi connectivity index (χ1v) is 7.60. The van der Waals surface area contributed by atoms with Gasteiger partial charge in [-0.15, -0.1) is 0 Å². The Labute approximate surface area is 120 Å². The molecule has 114 valence electrons. The van der Waals surface area contributed by atoms with Gasteiger partial charge in [0.15, 0.2) is 0 Å². The summed E-state index contributed by atoms with van der Waals surface area (Å²) in [6, 6.07) is 2.65. The van der Waals surface area contributed by atoms with Gasteiger partial charge in [0.25, 0.3) is 0 Å². The van der Waals surface area contributed by atoms with Crippen LogP contribution < -0.4 is 10.0 Å². The summed E-state index contributed by atoms with van der Waals surface area (Å²) in [5.41, 5.74) is 1.08. The van der Waals surface area contributed by atoms with Crippen LogP contribution in [0.5, 0.6) is 0 Å². The van der Waals surface area contributed by atoms with Gasteiger partial charge in [-0.2, -0.15) is 4.72 Å². The number of rotatable bonds is 6. The monoisotopic (exact) mass is 314 g/mol. The molecular formula is C12H14N2O6S. The minimum Gasteiger partial charge on any atom is -0.480 e. The first-order valence-electron chi connectivity index (χ1n) is 6.12. The molecule has 0 bridgehead atoms. The molecule has 0 aromatic heterocycles. The molecule has 1 atom stereocenters. The van der Waals surface area contributed by atoms with E-state index in [1.807, 2.05) is 4.72 Å². The van der Waals surface area contributed by atoms with Crippen molar-refractivity contribution in [2.45, 2.75) is 23.8 Å². The van der Waals surface area contributed by atoms with Gasteiger partial charge in [0, 0.05) is 12.3 Å². The van der Waals surface area contributed by atoms with Crippen molar-refractivity contribution in [1.29, 1.82) is 0 Å². The van der Waals surface area contributed by atoms with E-state index in [0.717, 1.165) is 0 Å². The van der Waals surface area contributed by atoms with Crippen LogP contribution in [0.1, 0.15) is 12.0 Å². The smallest absolute Gasteiger partial charge is 0.321 e. The predicted octanol–water partition coefficient (Wildman–Crippen LogP) is -0.705. The Morgan fingerprint density at radius 1 is 1.43 bits per heavy atom. The van der Waals surface area contributed by atoms with Crippen LogP contribution >= 0.6 is 0 Å². The number of benzene rings is 1. The van der Waals surface area contributed by atoms with Crippen molar-refractivity contribution in [1.82, 2.24) is 4.72 Å². The molecule has 0 fully saturated rings. The number of aliphatic carboxylic acids is 1. The van der Waals surface area contributed by atoms with E-state index in [9.17, 15) is 18.0 Å². The summed E-state index contributed by atoms with van der Waals surface area (Å²) in [7, 11) is -4.05. The van der Waals surface area contributed by atoms with E-state index < -0.39 is 28.6 Å². The van der Waals surface area contributed by atoms with Crippen LogP contribution in [0.4, 0.5) is 5.69 Å². The van der Waals surface area contributed by atoms with Crippen LogP contribution in [0.3, 0.4) is 0 Å². The maximum Gasteiger partial charge on any atom is 0.321 e. The van der Waals surface area contributed by atoms with E-state index in [1.54, 1.807) is 0 Å². The summed E-state index contributed by atoms with van der Waals surface area (Å²) in [6.45, 7) is -0.456. The average Bonchev–Trinajstić information content (AvgIpc) is 2.76. The Hall–Kier alpha value is -1.97. The molecule has 0 unspecified atom stereocenters. The van der Waals surface area contributed by atoms with Gasteiger partial charge in [-0.05, 0) is 30.2 Å². The number of aliphatic hydroxyl groups excluding tert-OH is 1. The number of hydrogen-bond donors (Lipinski definition) is 4. The van der Waals surface area contributed by atoms with Gasteiger partial charge < -0.3 is 15.5 Å². The van der Waals surface area contributed by atoms with Crippen molar-refractivity contribution < 1.29 is 28.2 Å². The second-order valence-corrected chi connectivity index (χ2v) is 6.28. The summed E-state index contributed by atoms with van der Waals surface area (Å²) >= 11 is 0. The van der Waals surface area contributed by atoms with Gasteiger partial charge in [-0.3, -0.25) is 9.59 Å². The van der Waals surface area contributed by atoms with Crippen molar-refractivity contribution in [2.24, 2.45) is 0 Å². The second-order valence-electron chi connectivity index (χ2n) is 4.57. The lowest BCUT2D eigenvalue weighted by atomic mass is 10.2. The molecule has 1 heterocycles. The Balaban J connectivity index is 2.26. The van der Waals surface area contributed by atoms with Gasteiger partial charge in [-0.25, -0.2) is 8.42 Å². The summed E-state index contributed by atoms with van der Waals surface area (Å²) in [4.78, 5) is 22.0. The van der Waals surface area contributed by atoms with Crippen LogP contribution in [0.15, 0.2) is 23.1 Å². The largest absolute Gasteiger partial charge is 0.480 e. The number of hydrogen-bond acceptors (Lipinski definition) is 5. The second kappa shape index (κ2) is 5.80. The molecule has 0 saturated carbocycles. The molecule has 4 N–H and O–H groups in total. The molecule has 0 radical (unpaired) electrons. The highest BCUT2D eigenvalue weighted by molar-refractivity contribution is 7.89. The molecule has 1 aromatic rings. The molecule has 1 aromatic carbocycles. The number of carbonyl (C=O) groups excluding carboxylic acids is 1. The lowest BCUT2D eigenvalue weighted by molar-refractivity contribution is -0.139. The zero-order valence-corrected chi connectivity index (χ0v) is 11.7. The minimum absolute atomic E-state index is 0.0810. The Morgan fingerprint density at radius 2 is 2.14 bits per heavy atom. The van der Waals surface area contributed by atoms with Crippen LogP contribution in [0.2, 0.25) is 0 Å². The number of amides is 1. The fraction of sp³-hybridized carbons (Fsp3) is 0.333. The number of carboxylic acids is 1. The molecule has 0 saturated heterocycles. The third kappa shape index (κ3) is 3.38. The Morgan fingerprint density at radius 3 is 2.76 bits per heavy atom. The first-order chi connectivity index (χ1) is 9.83. The van der Waals surface area contributed by atoms with Crippen molar-refractivity contribution in [3.05, 3.63) is 23.8 Å². The number of nitrogens with one attached hydrogen (secondary N) is 2.